The van der Waals surface area contributed by atoms with Crippen LogP contribution in [0.1, 0.15) is 42.9 Å². The van der Waals surface area contributed by atoms with Crippen molar-refractivity contribution >= 4 is 18.3 Å². The van der Waals surface area contributed by atoms with Crippen molar-refractivity contribution in [3.8, 4) is 0 Å². The van der Waals surface area contributed by atoms with Crippen LogP contribution >= 0.6 is 12.4 Å². The monoisotopic (exact) mass is 272 g/mol. The van der Waals surface area contributed by atoms with Gasteiger partial charge in [0, 0.05) is 12.2 Å². The van der Waals surface area contributed by atoms with Crippen LogP contribution in [0.25, 0.3) is 0 Å². The molecule has 1 saturated carbocycles. The third kappa shape index (κ3) is 3.03. The molecule has 0 aliphatic heterocycles. The number of halogens is 1. The van der Waals surface area contributed by atoms with Gasteiger partial charge in [0.1, 0.15) is 5.69 Å². The van der Waals surface area contributed by atoms with Gasteiger partial charge < -0.3 is 11.1 Å². The second kappa shape index (κ2) is 5.71. The summed E-state index contributed by atoms with van der Waals surface area (Å²) in [5.41, 5.74) is 6.89. The van der Waals surface area contributed by atoms with Gasteiger partial charge in [-0.25, -0.2) is 0 Å². The summed E-state index contributed by atoms with van der Waals surface area (Å²) >= 11 is 0. The van der Waals surface area contributed by atoms with E-state index >= 15 is 0 Å². The van der Waals surface area contributed by atoms with Crippen LogP contribution in [0.15, 0.2) is 6.07 Å². The molecule has 1 fully saturated rings. The minimum Gasteiger partial charge on any atom is -0.344 e. The normalized spacial score (nSPS) is 17.7. The van der Waals surface area contributed by atoms with Crippen LogP contribution in [-0.2, 0) is 6.42 Å². The van der Waals surface area contributed by atoms with Crippen molar-refractivity contribution in [2.24, 2.45) is 11.7 Å². The maximum Gasteiger partial charge on any atom is 0.272 e. The number of aromatic amines is 1. The van der Waals surface area contributed by atoms with Gasteiger partial charge in [-0.1, -0.05) is 6.92 Å². The third-order valence-corrected chi connectivity index (χ3v) is 3.55. The zero-order valence-corrected chi connectivity index (χ0v) is 11.6. The molecule has 6 heteroatoms. The molecule has 0 radical (unpaired) electrons. The molecule has 1 heterocycles. The molecule has 102 valence electrons. The highest BCUT2D eigenvalue weighted by atomic mass is 35.5. The van der Waals surface area contributed by atoms with E-state index in [-0.39, 0.29) is 23.9 Å². The lowest BCUT2D eigenvalue weighted by Crippen LogP contribution is -2.53. The summed E-state index contributed by atoms with van der Waals surface area (Å²) in [7, 11) is 0. The molecule has 18 heavy (non-hydrogen) atoms. The van der Waals surface area contributed by atoms with Gasteiger partial charge in [-0.15, -0.1) is 12.4 Å². The maximum absolute atomic E-state index is 12.0. The Labute approximate surface area is 113 Å². The number of nitrogens with zero attached hydrogens (tertiary/aromatic N) is 1. The summed E-state index contributed by atoms with van der Waals surface area (Å²) in [6.45, 7) is 4.49. The first-order valence-corrected chi connectivity index (χ1v) is 6.16. The predicted molar refractivity (Wildman–Crippen MR) is 72.9 cm³/mol. The standard InChI is InChI=1S/C12H20N4O.ClH/c1-3-9-6-10(16-15-9)11(17)14-12(2,7-13)8-4-5-8;/h6,8H,3-5,7,13H2,1-2H3,(H,14,17)(H,15,16);1H. The number of aryl methyl sites for hydroxylation is 1. The van der Waals surface area contributed by atoms with Gasteiger partial charge in [0.05, 0.1) is 5.54 Å². The van der Waals surface area contributed by atoms with E-state index in [4.69, 9.17) is 5.73 Å². The smallest absolute Gasteiger partial charge is 0.272 e. The molecule has 1 aliphatic carbocycles. The van der Waals surface area contributed by atoms with Gasteiger partial charge in [-0.3, -0.25) is 9.89 Å². The van der Waals surface area contributed by atoms with E-state index in [0.29, 0.717) is 18.2 Å². The fourth-order valence-electron chi connectivity index (χ4n) is 2.02. The second-order valence-electron chi connectivity index (χ2n) is 4.98. The number of aromatic nitrogens is 2. The van der Waals surface area contributed by atoms with Crippen molar-refractivity contribution < 1.29 is 4.79 Å². The van der Waals surface area contributed by atoms with Crippen LogP contribution in [0.2, 0.25) is 0 Å². The number of nitrogens with two attached hydrogens (primary N) is 1. The van der Waals surface area contributed by atoms with Crippen LogP contribution in [-0.4, -0.2) is 28.2 Å². The topological polar surface area (TPSA) is 83.8 Å². The maximum atomic E-state index is 12.0. The molecule has 5 nitrogen and oxygen atoms in total. The van der Waals surface area contributed by atoms with E-state index in [1.54, 1.807) is 6.07 Å². The lowest BCUT2D eigenvalue weighted by Gasteiger charge is -2.29. The van der Waals surface area contributed by atoms with Crippen LogP contribution in [0, 0.1) is 5.92 Å². The lowest BCUT2D eigenvalue weighted by molar-refractivity contribution is 0.0892. The minimum atomic E-state index is -0.289. The average Bonchev–Trinajstić information content (AvgIpc) is 3.07. The summed E-state index contributed by atoms with van der Waals surface area (Å²) in [5.74, 6) is 0.377. The molecule has 0 saturated heterocycles. The molecule has 0 bridgehead atoms. The SMILES string of the molecule is CCc1cc(C(=O)NC(C)(CN)C2CC2)n[nH]1.Cl. The van der Waals surface area contributed by atoms with Gasteiger partial charge in [0.25, 0.3) is 5.91 Å². The molecule has 4 N–H and O–H groups in total. The van der Waals surface area contributed by atoms with Crippen LogP contribution < -0.4 is 11.1 Å². The Morgan fingerprint density at radius 3 is 2.78 bits per heavy atom. The van der Waals surface area contributed by atoms with Crippen molar-refractivity contribution in [2.75, 3.05) is 6.54 Å². The van der Waals surface area contributed by atoms with Gasteiger partial charge >= 0.3 is 0 Å². The highest BCUT2D eigenvalue weighted by molar-refractivity contribution is 5.92. The Bertz CT molecular complexity index is 416. The third-order valence-electron chi connectivity index (χ3n) is 3.55. The Morgan fingerprint density at radius 1 is 1.67 bits per heavy atom. The van der Waals surface area contributed by atoms with Crippen molar-refractivity contribution in [3.05, 3.63) is 17.5 Å². The van der Waals surface area contributed by atoms with Crippen molar-refractivity contribution in [1.29, 1.82) is 0 Å². The van der Waals surface area contributed by atoms with Crippen molar-refractivity contribution in [1.82, 2.24) is 15.5 Å². The van der Waals surface area contributed by atoms with Crippen molar-refractivity contribution in [2.45, 2.75) is 38.6 Å². The number of nitrogens with one attached hydrogen (secondary N) is 2. The van der Waals surface area contributed by atoms with E-state index in [9.17, 15) is 4.79 Å². The first kappa shape index (κ1) is 15.0. The number of hydrogen-bond donors (Lipinski definition) is 3. The number of rotatable bonds is 5. The molecule has 1 unspecified atom stereocenters. The molecule has 1 aromatic heterocycles. The van der Waals surface area contributed by atoms with Gasteiger partial charge in [0.15, 0.2) is 0 Å². The van der Waals surface area contributed by atoms with Crippen LogP contribution in [0.5, 0.6) is 0 Å². The molecule has 0 aromatic carbocycles. The number of H-pyrrole nitrogens is 1. The average molecular weight is 273 g/mol. The highest BCUT2D eigenvalue weighted by Gasteiger charge is 2.41. The van der Waals surface area contributed by atoms with Gasteiger partial charge in [0.2, 0.25) is 0 Å². The molecule has 2 rings (SSSR count). The number of carbonyl (C=O) groups is 1. The van der Waals surface area contributed by atoms with Crippen molar-refractivity contribution in [3.63, 3.8) is 0 Å². The molecule has 1 amide bonds. The fourth-order valence-corrected chi connectivity index (χ4v) is 2.02. The number of carbonyl (C=O) groups excluding carboxylic acids is 1. The first-order valence-electron chi connectivity index (χ1n) is 6.16. The van der Waals surface area contributed by atoms with Gasteiger partial charge in [-0.2, -0.15) is 5.10 Å². The molecule has 1 atom stereocenters. The highest BCUT2D eigenvalue weighted by Crippen LogP contribution is 2.39. The van der Waals surface area contributed by atoms with Gasteiger partial charge in [-0.05, 0) is 38.2 Å². The molecule has 0 spiro atoms. The second-order valence-corrected chi connectivity index (χ2v) is 4.98. The van der Waals surface area contributed by atoms with E-state index in [1.165, 1.54) is 0 Å². The zero-order chi connectivity index (χ0) is 12.5. The molecule has 1 aliphatic rings. The van der Waals surface area contributed by atoms with Crippen LogP contribution in [0.3, 0.4) is 0 Å². The Kier molecular flexibility index (Phi) is 4.76. The summed E-state index contributed by atoms with van der Waals surface area (Å²) in [6, 6.07) is 1.79. The number of hydrogen-bond acceptors (Lipinski definition) is 3. The van der Waals surface area contributed by atoms with Crippen LogP contribution in [0.4, 0.5) is 0 Å². The Hall–Kier alpha value is -1.07. The summed E-state index contributed by atoms with van der Waals surface area (Å²) in [5, 5.41) is 9.86. The number of amides is 1. The molecular weight excluding hydrogens is 252 g/mol. The fraction of sp³-hybridized carbons (Fsp3) is 0.667. The largest absolute Gasteiger partial charge is 0.344 e. The predicted octanol–water partition coefficient (Wildman–Crippen LogP) is 1.25. The molecular formula is C12H21ClN4O. The van der Waals surface area contributed by atoms with E-state index in [0.717, 1.165) is 25.0 Å². The first-order chi connectivity index (χ1) is 8.09. The summed E-state index contributed by atoms with van der Waals surface area (Å²) < 4.78 is 0. The minimum absolute atomic E-state index is 0. The molecule has 1 aromatic rings. The quantitative estimate of drug-likeness (QED) is 0.754. The zero-order valence-electron chi connectivity index (χ0n) is 10.8. The van der Waals surface area contributed by atoms with E-state index in [1.807, 2.05) is 13.8 Å². The lowest BCUT2D eigenvalue weighted by atomic mass is 9.96. The summed E-state index contributed by atoms with van der Waals surface area (Å²) in [6.07, 6.45) is 3.14. The van der Waals surface area contributed by atoms with E-state index < -0.39 is 0 Å². The Balaban J connectivity index is 0.00000162. The Morgan fingerprint density at radius 2 is 2.33 bits per heavy atom. The summed E-state index contributed by atoms with van der Waals surface area (Å²) in [4.78, 5) is 12.0. The van der Waals surface area contributed by atoms with E-state index in [2.05, 4.69) is 15.5 Å².